The lowest BCUT2D eigenvalue weighted by Crippen LogP contribution is -2.37. The monoisotopic (exact) mass is 500 g/mol. The highest BCUT2D eigenvalue weighted by Crippen LogP contribution is 2.69. The smallest absolute Gasteiger partial charge is 0.219 e. The van der Waals surface area contributed by atoms with Gasteiger partial charge in [-0.15, -0.1) is 5.10 Å². The number of amides is 1. The van der Waals surface area contributed by atoms with Crippen molar-refractivity contribution in [2.75, 3.05) is 0 Å². The summed E-state index contributed by atoms with van der Waals surface area (Å²) < 4.78 is 30.7. The van der Waals surface area contributed by atoms with E-state index in [1.165, 1.54) is 18.2 Å². The number of carbonyl (C=O) groups excluding carboxylic acids is 1. The van der Waals surface area contributed by atoms with Gasteiger partial charge in [0.2, 0.25) is 5.91 Å². The number of aromatic nitrogens is 5. The minimum atomic E-state index is -0.655. The summed E-state index contributed by atoms with van der Waals surface area (Å²) in [6, 6.07) is 11.5. The summed E-state index contributed by atoms with van der Waals surface area (Å²) in [5, 5.41) is 13.3. The molecule has 2 atom stereocenters. The Balaban J connectivity index is 1.43. The lowest BCUT2D eigenvalue weighted by Gasteiger charge is -2.37. The fourth-order valence-corrected chi connectivity index (χ4v) is 6.43. The first-order valence-corrected chi connectivity index (χ1v) is 12.3. The van der Waals surface area contributed by atoms with Crippen molar-refractivity contribution in [1.29, 1.82) is 0 Å². The number of nitrogens with two attached hydrogens (primary N) is 1. The number of fused-ring (bicyclic) bond motifs is 5. The molecule has 9 heteroatoms. The Hall–Kier alpha value is -4.01. The van der Waals surface area contributed by atoms with Crippen LogP contribution in [0.1, 0.15) is 56.0 Å². The molecule has 0 saturated heterocycles. The van der Waals surface area contributed by atoms with Crippen LogP contribution in [-0.4, -0.2) is 30.9 Å². The number of hydrogen-bond acceptors (Lipinski definition) is 5. The zero-order valence-electron chi connectivity index (χ0n) is 20.6. The van der Waals surface area contributed by atoms with E-state index in [-0.39, 0.29) is 34.9 Å². The van der Waals surface area contributed by atoms with Crippen LogP contribution in [0.25, 0.3) is 22.5 Å². The predicted molar refractivity (Wildman–Crippen MR) is 133 cm³/mol. The number of rotatable bonds is 6. The maximum atomic E-state index is 14.5. The molecule has 1 aromatic carbocycles. The molecule has 7 nitrogen and oxygen atoms in total. The van der Waals surface area contributed by atoms with Crippen molar-refractivity contribution in [2.45, 2.75) is 51.0 Å². The Bertz CT molecular complexity index is 1530. The van der Waals surface area contributed by atoms with Crippen molar-refractivity contribution in [3.63, 3.8) is 0 Å². The van der Waals surface area contributed by atoms with Crippen molar-refractivity contribution >= 4 is 5.91 Å². The molecule has 2 aliphatic rings. The van der Waals surface area contributed by atoms with Crippen LogP contribution in [0, 0.1) is 17.0 Å². The zero-order chi connectivity index (χ0) is 25.9. The molecule has 0 unspecified atom stereocenters. The molecule has 188 valence electrons. The molecule has 2 N–H and O–H groups in total. The van der Waals surface area contributed by atoms with Gasteiger partial charge in [0.1, 0.15) is 11.6 Å². The van der Waals surface area contributed by atoms with E-state index in [0.29, 0.717) is 6.54 Å². The van der Waals surface area contributed by atoms with Crippen LogP contribution in [0.4, 0.5) is 8.78 Å². The van der Waals surface area contributed by atoms with Gasteiger partial charge in [-0.05, 0) is 60.1 Å². The molecular formula is C28H26F2N6O. The van der Waals surface area contributed by atoms with E-state index in [0.717, 1.165) is 41.1 Å². The van der Waals surface area contributed by atoms with Crippen molar-refractivity contribution in [1.82, 2.24) is 25.0 Å². The largest absolute Gasteiger partial charge is 0.370 e. The van der Waals surface area contributed by atoms with E-state index < -0.39 is 17.0 Å². The van der Waals surface area contributed by atoms with Crippen molar-refractivity contribution in [2.24, 2.45) is 11.1 Å². The van der Waals surface area contributed by atoms with Crippen LogP contribution in [0.15, 0.2) is 54.9 Å². The second kappa shape index (κ2) is 8.26. The number of hydrogen-bond donors (Lipinski definition) is 1. The average Bonchev–Trinajstić information content (AvgIpc) is 3.50. The second-order valence-corrected chi connectivity index (χ2v) is 10.5. The topological polar surface area (TPSA) is 99.6 Å². The van der Waals surface area contributed by atoms with E-state index >= 15 is 0 Å². The van der Waals surface area contributed by atoms with Gasteiger partial charge in [0.15, 0.2) is 0 Å². The Morgan fingerprint density at radius 3 is 2.62 bits per heavy atom. The van der Waals surface area contributed by atoms with Crippen molar-refractivity contribution in [3.05, 3.63) is 83.4 Å². The SMILES string of the molecule is CC1(C)[C@H]2CC[C@]1(c1cccc(-c3cnn(CCC(N)=O)c3)n1)c1nnc(-c3c(F)cccc3F)cc12. The molecule has 0 aliphatic heterocycles. The minimum Gasteiger partial charge on any atom is -0.370 e. The van der Waals surface area contributed by atoms with Gasteiger partial charge in [0.25, 0.3) is 0 Å². The first kappa shape index (κ1) is 23.4. The van der Waals surface area contributed by atoms with E-state index in [9.17, 15) is 13.6 Å². The number of halogens is 2. The summed E-state index contributed by atoms with van der Waals surface area (Å²) in [5.41, 5.74) is 8.91. The molecule has 1 amide bonds. The van der Waals surface area contributed by atoms with Gasteiger partial charge in [-0.1, -0.05) is 26.0 Å². The highest BCUT2D eigenvalue weighted by Gasteiger charge is 2.65. The van der Waals surface area contributed by atoms with Gasteiger partial charge in [-0.2, -0.15) is 10.2 Å². The van der Waals surface area contributed by atoms with Crippen LogP contribution in [0.3, 0.4) is 0 Å². The predicted octanol–water partition coefficient (Wildman–Crippen LogP) is 4.76. The zero-order valence-corrected chi connectivity index (χ0v) is 20.6. The highest BCUT2D eigenvalue weighted by molar-refractivity contribution is 5.73. The maximum absolute atomic E-state index is 14.5. The lowest BCUT2D eigenvalue weighted by atomic mass is 9.66. The van der Waals surface area contributed by atoms with Crippen molar-refractivity contribution in [3.8, 4) is 22.5 Å². The van der Waals surface area contributed by atoms with Gasteiger partial charge in [-0.25, -0.2) is 8.78 Å². The summed E-state index contributed by atoms with van der Waals surface area (Å²) in [6.07, 6.45) is 5.56. The summed E-state index contributed by atoms with van der Waals surface area (Å²) in [5.74, 6) is -1.53. The Kier molecular flexibility index (Phi) is 5.22. The summed E-state index contributed by atoms with van der Waals surface area (Å²) in [7, 11) is 0. The van der Waals surface area contributed by atoms with Crippen molar-refractivity contribution < 1.29 is 13.6 Å². The van der Waals surface area contributed by atoms with E-state index in [4.69, 9.17) is 10.7 Å². The fraction of sp³-hybridized carbons (Fsp3) is 0.321. The molecule has 0 spiro atoms. The number of benzene rings is 1. The molecule has 2 bridgehead atoms. The number of primary amides is 1. The molecule has 1 fully saturated rings. The van der Waals surface area contributed by atoms with Gasteiger partial charge >= 0.3 is 0 Å². The molecule has 3 heterocycles. The third-order valence-electron chi connectivity index (χ3n) is 8.30. The number of pyridine rings is 1. The van der Waals surface area contributed by atoms with E-state index in [1.54, 1.807) is 10.9 Å². The Labute approximate surface area is 212 Å². The Morgan fingerprint density at radius 2 is 1.86 bits per heavy atom. The van der Waals surface area contributed by atoms with Gasteiger partial charge in [-0.3, -0.25) is 14.5 Å². The molecule has 0 radical (unpaired) electrons. The fourth-order valence-electron chi connectivity index (χ4n) is 6.43. The lowest BCUT2D eigenvalue weighted by molar-refractivity contribution is -0.118. The normalized spacial score (nSPS) is 21.2. The molecule has 3 aromatic heterocycles. The number of nitrogens with zero attached hydrogens (tertiary/aromatic N) is 5. The maximum Gasteiger partial charge on any atom is 0.219 e. The molecule has 1 saturated carbocycles. The van der Waals surface area contributed by atoms with Crippen LogP contribution >= 0.6 is 0 Å². The van der Waals surface area contributed by atoms with E-state index in [2.05, 4.69) is 29.1 Å². The molecule has 2 aliphatic carbocycles. The standard InChI is InChI=1S/C28H26F2N6O/c1-27(2)18-9-11-28(27,26-17(18)13-22(34-35-26)25-19(29)5-3-6-20(25)30)23-8-4-7-21(33-23)16-14-32-36(15-16)12-10-24(31)37/h3-8,13-15,18H,9-12H2,1-2H3,(H2,31,37)/t18-,28-/m0/s1. The van der Waals surface area contributed by atoms with Gasteiger partial charge < -0.3 is 5.73 Å². The molecular weight excluding hydrogens is 474 g/mol. The summed E-state index contributed by atoms with van der Waals surface area (Å²) >= 11 is 0. The second-order valence-electron chi connectivity index (χ2n) is 10.5. The van der Waals surface area contributed by atoms with Crippen LogP contribution in [0.5, 0.6) is 0 Å². The first-order valence-electron chi connectivity index (χ1n) is 12.3. The third kappa shape index (κ3) is 3.40. The van der Waals surface area contributed by atoms with Crippen LogP contribution < -0.4 is 5.73 Å². The average molecular weight is 501 g/mol. The third-order valence-corrected chi connectivity index (χ3v) is 8.30. The Morgan fingerprint density at radius 1 is 1.11 bits per heavy atom. The summed E-state index contributed by atoms with van der Waals surface area (Å²) in [6.45, 7) is 4.83. The number of carbonyl (C=O) groups is 1. The van der Waals surface area contributed by atoms with Gasteiger partial charge in [0, 0.05) is 24.7 Å². The molecule has 37 heavy (non-hydrogen) atoms. The van der Waals surface area contributed by atoms with Crippen LogP contribution in [-0.2, 0) is 16.8 Å². The minimum absolute atomic E-state index is 0.152. The van der Waals surface area contributed by atoms with E-state index in [1.807, 2.05) is 30.5 Å². The van der Waals surface area contributed by atoms with Gasteiger partial charge in [0.05, 0.1) is 40.0 Å². The molecule has 4 aromatic rings. The number of aryl methyl sites for hydroxylation is 1. The first-order chi connectivity index (χ1) is 17.7. The highest BCUT2D eigenvalue weighted by atomic mass is 19.1. The summed E-state index contributed by atoms with van der Waals surface area (Å²) in [4.78, 5) is 16.2. The molecule has 6 rings (SSSR count). The quantitative estimate of drug-likeness (QED) is 0.412. The van der Waals surface area contributed by atoms with Crippen LogP contribution in [0.2, 0.25) is 0 Å².